The maximum Gasteiger partial charge on any atom is 0.573 e. The van der Waals surface area contributed by atoms with E-state index in [-0.39, 0.29) is 11.7 Å². The number of aromatic nitrogens is 2. The largest absolute Gasteiger partial charge is 0.573 e. The molecule has 0 spiro atoms. The summed E-state index contributed by atoms with van der Waals surface area (Å²) in [6.07, 6.45) is -3.41. The molecule has 146 valence electrons. The van der Waals surface area contributed by atoms with Crippen LogP contribution in [0.15, 0.2) is 48.8 Å². The number of carbonyl (C=O) groups excluding carboxylic acids is 1. The first-order valence-corrected chi connectivity index (χ1v) is 8.26. The van der Waals surface area contributed by atoms with E-state index in [4.69, 9.17) is 0 Å². The Kier molecular flexibility index (Phi) is 5.59. The summed E-state index contributed by atoms with van der Waals surface area (Å²) >= 11 is 0. The summed E-state index contributed by atoms with van der Waals surface area (Å²) in [7, 11) is 0. The van der Waals surface area contributed by atoms with Gasteiger partial charge < -0.3 is 10.1 Å². The zero-order valence-corrected chi connectivity index (χ0v) is 14.7. The first-order valence-electron chi connectivity index (χ1n) is 8.26. The zero-order valence-electron chi connectivity index (χ0n) is 14.7. The average Bonchev–Trinajstić information content (AvgIpc) is 2.66. The number of nitrogens with zero attached hydrogens (tertiary/aromatic N) is 2. The number of rotatable bonds is 6. The molecule has 3 aromatic rings. The summed E-state index contributed by atoms with van der Waals surface area (Å²) in [5.74, 6) is -0.160. The van der Waals surface area contributed by atoms with Gasteiger partial charge in [0.25, 0.3) is 5.91 Å². The molecule has 1 aromatic heterocycles. The van der Waals surface area contributed by atoms with E-state index < -0.39 is 6.36 Å². The van der Waals surface area contributed by atoms with Crippen molar-refractivity contribution in [1.29, 1.82) is 0 Å². The highest BCUT2D eigenvalue weighted by Crippen LogP contribution is 2.27. The van der Waals surface area contributed by atoms with Gasteiger partial charge in [0.1, 0.15) is 17.9 Å². The van der Waals surface area contributed by atoms with Gasteiger partial charge in [-0.3, -0.25) is 10.2 Å². The van der Waals surface area contributed by atoms with Crippen molar-refractivity contribution in [3.8, 4) is 5.75 Å². The van der Waals surface area contributed by atoms with Crippen LogP contribution in [0.25, 0.3) is 10.9 Å². The molecule has 3 rings (SSSR count). The quantitative estimate of drug-likeness (QED) is 0.557. The number of anilines is 2. The Morgan fingerprint density at radius 2 is 1.86 bits per heavy atom. The molecule has 10 heteroatoms. The summed E-state index contributed by atoms with van der Waals surface area (Å²) in [6.45, 7) is 2.44. The van der Waals surface area contributed by atoms with E-state index in [1.165, 1.54) is 30.6 Å². The summed E-state index contributed by atoms with van der Waals surface area (Å²) < 4.78 is 40.5. The van der Waals surface area contributed by atoms with E-state index in [9.17, 15) is 18.0 Å². The molecule has 0 unspecified atom stereocenters. The minimum absolute atomic E-state index is 0.294. The molecule has 0 fully saturated rings. The number of fused-ring (bicyclic) bond motifs is 1. The van der Waals surface area contributed by atoms with Crippen LogP contribution in [0.2, 0.25) is 0 Å². The number of hydrazine groups is 1. The third kappa shape index (κ3) is 4.86. The molecule has 1 amide bonds. The van der Waals surface area contributed by atoms with Gasteiger partial charge in [-0.2, -0.15) is 0 Å². The molecule has 0 bridgehead atoms. The van der Waals surface area contributed by atoms with Crippen molar-refractivity contribution in [2.24, 2.45) is 0 Å². The fraction of sp³-hybridized carbons (Fsp3) is 0.167. The Hall–Kier alpha value is -3.40. The summed E-state index contributed by atoms with van der Waals surface area (Å²) in [5, 5.41) is 3.67. The number of halogens is 3. The van der Waals surface area contributed by atoms with Gasteiger partial charge in [0.05, 0.1) is 5.52 Å². The van der Waals surface area contributed by atoms with Crippen LogP contribution in [0.3, 0.4) is 0 Å². The Bertz CT molecular complexity index is 977. The molecule has 0 aliphatic carbocycles. The van der Waals surface area contributed by atoms with E-state index in [0.717, 1.165) is 0 Å². The van der Waals surface area contributed by atoms with Crippen LogP contribution >= 0.6 is 0 Å². The van der Waals surface area contributed by atoms with Crippen LogP contribution in [0, 0.1) is 0 Å². The fourth-order valence-corrected chi connectivity index (χ4v) is 2.42. The third-order valence-electron chi connectivity index (χ3n) is 3.63. The van der Waals surface area contributed by atoms with Gasteiger partial charge in [-0.25, -0.2) is 15.4 Å². The minimum Gasteiger partial charge on any atom is -0.406 e. The predicted octanol–water partition coefficient (Wildman–Crippen LogP) is 3.53. The second kappa shape index (κ2) is 8.09. The Labute approximate surface area is 157 Å². The lowest BCUT2D eigenvalue weighted by Crippen LogP contribution is -2.36. The fourth-order valence-electron chi connectivity index (χ4n) is 2.42. The highest BCUT2D eigenvalue weighted by atomic mass is 19.4. The SMILES string of the molecule is CCNNC(=O)c1ccc2c(Nc3ccc(OC(F)(F)F)cc3)ncnc2c1. The molecular weight excluding hydrogens is 375 g/mol. The van der Waals surface area contributed by atoms with Crippen molar-refractivity contribution in [3.63, 3.8) is 0 Å². The van der Waals surface area contributed by atoms with Crippen LogP contribution in [-0.4, -0.2) is 28.8 Å². The van der Waals surface area contributed by atoms with E-state index in [1.807, 2.05) is 6.92 Å². The summed E-state index contributed by atoms with van der Waals surface area (Å²) in [6, 6.07) is 10.2. The first-order chi connectivity index (χ1) is 13.4. The molecule has 2 aromatic carbocycles. The number of amides is 1. The van der Waals surface area contributed by atoms with Gasteiger partial charge in [-0.1, -0.05) is 6.92 Å². The molecular formula is C18H16F3N5O2. The lowest BCUT2D eigenvalue weighted by atomic mass is 10.1. The van der Waals surface area contributed by atoms with Crippen LogP contribution in [0.4, 0.5) is 24.7 Å². The van der Waals surface area contributed by atoms with Crippen LogP contribution in [-0.2, 0) is 0 Å². The first kappa shape index (κ1) is 19.4. The molecule has 0 aliphatic rings. The van der Waals surface area contributed by atoms with Crippen LogP contribution in [0.1, 0.15) is 17.3 Å². The molecule has 1 heterocycles. The molecule has 7 nitrogen and oxygen atoms in total. The molecule has 0 saturated carbocycles. The molecule has 0 aliphatic heterocycles. The third-order valence-corrected chi connectivity index (χ3v) is 3.63. The molecule has 0 radical (unpaired) electrons. The summed E-state index contributed by atoms with van der Waals surface area (Å²) in [5.41, 5.74) is 6.76. The van der Waals surface area contributed by atoms with Crippen molar-refractivity contribution in [2.75, 3.05) is 11.9 Å². The number of nitrogens with one attached hydrogen (secondary N) is 3. The topological polar surface area (TPSA) is 88.2 Å². The molecule has 28 heavy (non-hydrogen) atoms. The standard InChI is InChI=1S/C18H16F3N5O2/c1-2-24-26-17(27)11-3-8-14-15(9-11)22-10-23-16(14)25-12-4-6-13(7-5-12)28-18(19,20)21/h3-10,24H,2H2,1H3,(H,26,27)(H,22,23,25). The smallest absolute Gasteiger partial charge is 0.406 e. The molecule has 0 saturated heterocycles. The maximum atomic E-state index is 12.2. The van der Waals surface area contributed by atoms with Crippen molar-refractivity contribution in [1.82, 2.24) is 20.8 Å². The Balaban J connectivity index is 1.80. The minimum atomic E-state index is -4.74. The van der Waals surface area contributed by atoms with Crippen molar-refractivity contribution in [3.05, 3.63) is 54.4 Å². The highest BCUT2D eigenvalue weighted by molar-refractivity contribution is 5.99. The number of hydrogen-bond donors (Lipinski definition) is 3. The monoisotopic (exact) mass is 391 g/mol. The number of hydrogen-bond acceptors (Lipinski definition) is 6. The normalized spacial score (nSPS) is 11.3. The lowest BCUT2D eigenvalue weighted by molar-refractivity contribution is -0.274. The van der Waals surface area contributed by atoms with E-state index in [1.54, 1.807) is 18.2 Å². The zero-order chi connectivity index (χ0) is 20.1. The second-order valence-corrected chi connectivity index (χ2v) is 5.64. The Morgan fingerprint density at radius 3 is 2.54 bits per heavy atom. The molecule has 3 N–H and O–H groups in total. The average molecular weight is 391 g/mol. The van der Waals surface area contributed by atoms with Crippen LogP contribution < -0.4 is 20.9 Å². The lowest BCUT2D eigenvalue weighted by Gasteiger charge is -2.11. The number of carbonyl (C=O) groups is 1. The van der Waals surface area contributed by atoms with E-state index >= 15 is 0 Å². The van der Waals surface area contributed by atoms with Gasteiger partial charge >= 0.3 is 6.36 Å². The predicted molar refractivity (Wildman–Crippen MR) is 97.1 cm³/mol. The molecule has 0 atom stereocenters. The number of benzene rings is 2. The van der Waals surface area contributed by atoms with E-state index in [2.05, 4.69) is 30.9 Å². The van der Waals surface area contributed by atoms with E-state index in [0.29, 0.717) is 34.5 Å². The number of alkyl halides is 3. The van der Waals surface area contributed by atoms with Gasteiger partial charge in [-0.05, 0) is 42.5 Å². The van der Waals surface area contributed by atoms with Crippen molar-refractivity contribution in [2.45, 2.75) is 13.3 Å². The summed E-state index contributed by atoms with van der Waals surface area (Å²) in [4.78, 5) is 20.4. The second-order valence-electron chi connectivity index (χ2n) is 5.64. The van der Waals surface area contributed by atoms with Crippen molar-refractivity contribution < 1.29 is 22.7 Å². The van der Waals surface area contributed by atoms with Gasteiger partial charge in [0.2, 0.25) is 0 Å². The number of ether oxygens (including phenoxy) is 1. The van der Waals surface area contributed by atoms with Gasteiger partial charge in [0.15, 0.2) is 0 Å². The van der Waals surface area contributed by atoms with Gasteiger partial charge in [-0.15, -0.1) is 13.2 Å². The maximum absolute atomic E-state index is 12.2. The van der Waals surface area contributed by atoms with Gasteiger partial charge in [0, 0.05) is 23.2 Å². The Morgan fingerprint density at radius 1 is 1.11 bits per heavy atom. The van der Waals surface area contributed by atoms with Crippen molar-refractivity contribution >= 4 is 28.3 Å². The highest BCUT2D eigenvalue weighted by Gasteiger charge is 2.30. The van der Waals surface area contributed by atoms with Crippen LogP contribution in [0.5, 0.6) is 5.75 Å².